The summed E-state index contributed by atoms with van der Waals surface area (Å²) in [4.78, 5) is 25.2. The Morgan fingerprint density at radius 2 is 1.66 bits per heavy atom. The van der Waals surface area contributed by atoms with Crippen molar-refractivity contribution in [1.82, 2.24) is 5.32 Å². The van der Waals surface area contributed by atoms with Gasteiger partial charge in [-0.25, -0.2) is 0 Å². The molecule has 0 unspecified atom stereocenters. The molecule has 3 rings (SSSR count). The lowest BCUT2D eigenvalue weighted by Gasteiger charge is -2.23. The third-order valence-electron chi connectivity index (χ3n) is 6.26. The molecule has 0 bridgehead atoms. The van der Waals surface area contributed by atoms with Crippen LogP contribution in [0.3, 0.4) is 0 Å². The topological polar surface area (TPSA) is 79.5 Å². The SMILES string of the molecule is CCCCCCCOc1ccc(NCC(=O)Nc2ccc(Cl)c(C(=O)NC3CCCCC3)c2)cc1. The first-order valence-corrected chi connectivity index (χ1v) is 13.3. The van der Waals surface area contributed by atoms with E-state index in [0.29, 0.717) is 16.3 Å². The standard InChI is InChI=1S/C28H38ClN3O3/c1-2-3-4-5-9-18-35-24-15-12-21(13-16-24)30-20-27(33)31-23-14-17-26(29)25(19-23)28(34)32-22-10-7-6-8-11-22/h12-17,19,22,30H,2-11,18,20H2,1H3,(H,31,33)(H,32,34). The van der Waals surface area contributed by atoms with Gasteiger partial charge in [-0.3, -0.25) is 9.59 Å². The number of amides is 2. The molecule has 1 aliphatic rings. The Morgan fingerprint density at radius 1 is 0.943 bits per heavy atom. The molecule has 0 heterocycles. The maximum absolute atomic E-state index is 12.7. The van der Waals surface area contributed by atoms with Crippen LogP contribution in [0.5, 0.6) is 5.75 Å². The highest BCUT2D eigenvalue weighted by atomic mass is 35.5. The number of benzene rings is 2. The van der Waals surface area contributed by atoms with E-state index in [-0.39, 0.29) is 24.4 Å². The summed E-state index contributed by atoms with van der Waals surface area (Å²) in [6, 6.07) is 12.8. The van der Waals surface area contributed by atoms with Crippen LogP contribution < -0.4 is 20.7 Å². The summed E-state index contributed by atoms with van der Waals surface area (Å²) in [6.45, 7) is 3.03. The molecule has 0 radical (unpaired) electrons. The largest absolute Gasteiger partial charge is 0.494 e. The smallest absolute Gasteiger partial charge is 0.253 e. The second kappa shape index (κ2) is 14.6. The summed E-state index contributed by atoms with van der Waals surface area (Å²) in [5.41, 5.74) is 1.75. The fourth-order valence-electron chi connectivity index (χ4n) is 4.24. The van der Waals surface area contributed by atoms with E-state index < -0.39 is 0 Å². The zero-order chi connectivity index (χ0) is 24.9. The van der Waals surface area contributed by atoms with E-state index in [2.05, 4.69) is 22.9 Å². The Labute approximate surface area is 214 Å². The number of carbonyl (C=O) groups is 2. The quantitative estimate of drug-likeness (QED) is 0.265. The Kier molecular flexibility index (Phi) is 11.2. The number of carbonyl (C=O) groups excluding carboxylic acids is 2. The number of nitrogens with one attached hydrogen (secondary N) is 3. The number of anilines is 2. The number of hydrogen-bond acceptors (Lipinski definition) is 4. The van der Waals surface area contributed by atoms with E-state index in [1.54, 1.807) is 18.2 Å². The van der Waals surface area contributed by atoms with Crippen molar-refractivity contribution in [2.24, 2.45) is 0 Å². The van der Waals surface area contributed by atoms with Crippen LogP contribution in [0, 0.1) is 0 Å². The average Bonchev–Trinajstić information content (AvgIpc) is 2.87. The molecule has 2 amide bonds. The lowest BCUT2D eigenvalue weighted by Crippen LogP contribution is -2.36. The fourth-order valence-corrected chi connectivity index (χ4v) is 4.44. The fraction of sp³-hybridized carbons (Fsp3) is 0.500. The van der Waals surface area contributed by atoms with Crippen LogP contribution in [-0.4, -0.2) is 31.0 Å². The molecule has 0 atom stereocenters. The molecule has 7 heteroatoms. The van der Waals surface area contributed by atoms with Crippen molar-refractivity contribution in [3.63, 3.8) is 0 Å². The van der Waals surface area contributed by atoms with Gasteiger partial charge in [-0.05, 0) is 61.7 Å². The molecule has 0 saturated heterocycles. The van der Waals surface area contributed by atoms with Crippen molar-refractivity contribution in [2.75, 3.05) is 23.8 Å². The normalized spacial score (nSPS) is 13.8. The Balaban J connectivity index is 1.43. The molecule has 0 aliphatic heterocycles. The van der Waals surface area contributed by atoms with Gasteiger partial charge >= 0.3 is 0 Å². The van der Waals surface area contributed by atoms with E-state index in [1.807, 2.05) is 24.3 Å². The first-order valence-electron chi connectivity index (χ1n) is 12.9. The number of unbranched alkanes of at least 4 members (excludes halogenated alkanes) is 4. The lowest BCUT2D eigenvalue weighted by molar-refractivity contribution is -0.114. The van der Waals surface area contributed by atoms with Crippen molar-refractivity contribution < 1.29 is 14.3 Å². The van der Waals surface area contributed by atoms with Crippen LogP contribution in [0.15, 0.2) is 42.5 Å². The van der Waals surface area contributed by atoms with Crippen LogP contribution in [0.2, 0.25) is 5.02 Å². The van der Waals surface area contributed by atoms with E-state index in [9.17, 15) is 9.59 Å². The predicted molar refractivity (Wildman–Crippen MR) is 144 cm³/mol. The average molecular weight is 500 g/mol. The van der Waals surface area contributed by atoms with Crippen molar-refractivity contribution in [2.45, 2.75) is 77.2 Å². The van der Waals surface area contributed by atoms with Gasteiger partial charge in [0.15, 0.2) is 0 Å². The molecule has 0 spiro atoms. The summed E-state index contributed by atoms with van der Waals surface area (Å²) in [5, 5.41) is 9.39. The highest BCUT2D eigenvalue weighted by Crippen LogP contribution is 2.23. The summed E-state index contributed by atoms with van der Waals surface area (Å²) in [5.74, 6) is 0.424. The van der Waals surface area contributed by atoms with Crippen LogP contribution in [0.1, 0.15) is 81.5 Å². The van der Waals surface area contributed by atoms with Gasteiger partial charge in [-0.2, -0.15) is 0 Å². The van der Waals surface area contributed by atoms with E-state index >= 15 is 0 Å². The van der Waals surface area contributed by atoms with Crippen LogP contribution in [-0.2, 0) is 4.79 Å². The minimum Gasteiger partial charge on any atom is -0.494 e. The minimum absolute atomic E-state index is 0.101. The zero-order valence-corrected chi connectivity index (χ0v) is 21.5. The van der Waals surface area contributed by atoms with Gasteiger partial charge in [0.05, 0.1) is 23.7 Å². The number of ether oxygens (including phenoxy) is 1. The highest BCUT2D eigenvalue weighted by Gasteiger charge is 2.19. The van der Waals surface area contributed by atoms with Crippen LogP contribution >= 0.6 is 11.6 Å². The summed E-state index contributed by atoms with van der Waals surface area (Å²) < 4.78 is 5.78. The van der Waals surface area contributed by atoms with E-state index in [4.69, 9.17) is 16.3 Å². The second-order valence-electron chi connectivity index (χ2n) is 9.19. The second-order valence-corrected chi connectivity index (χ2v) is 9.60. The van der Waals surface area contributed by atoms with Crippen molar-refractivity contribution >= 4 is 34.8 Å². The van der Waals surface area contributed by atoms with Gasteiger partial charge in [0.1, 0.15) is 5.75 Å². The van der Waals surface area contributed by atoms with Gasteiger partial charge in [0.25, 0.3) is 5.91 Å². The molecule has 3 N–H and O–H groups in total. The Hall–Kier alpha value is -2.73. The Morgan fingerprint density at radius 3 is 2.40 bits per heavy atom. The van der Waals surface area contributed by atoms with Gasteiger partial charge in [0.2, 0.25) is 5.91 Å². The summed E-state index contributed by atoms with van der Waals surface area (Å²) >= 11 is 6.26. The third kappa shape index (κ3) is 9.44. The number of hydrogen-bond donors (Lipinski definition) is 3. The van der Waals surface area contributed by atoms with Crippen LogP contribution in [0.4, 0.5) is 11.4 Å². The molecule has 1 saturated carbocycles. The minimum atomic E-state index is -0.210. The van der Waals surface area contributed by atoms with Gasteiger partial charge < -0.3 is 20.7 Å². The maximum Gasteiger partial charge on any atom is 0.253 e. The molecule has 2 aromatic carbocycles. The van der Waals surface area contributed by atoms with Crippen molar-refractivity contribution in [3.05, 3.63) is 53.1 Å². The molecule has 2 aromatic rings. The molecule has 0 aromatic heterocycles. The molecule has 190 valence electrons. The summed E-state index contributed by atoms with van der Waals surface area (Å²) in [6.07, 6.45) is 11.5. The molecule has 6 nitrogen and oxygen atoms in total. The molecule has 35 heavy (non-hydrogen) atoms. The monoisotopic (exact) mass is 499 g/mol. The first-order chi connectivity index (χ1) is 17.0. The van der Waals surface area contributed by atoms with Gasteiger partial charge in [0, 0.05) is 17.4 Å². The molecule has 1 fully saturated rings. The number of rotatable bonds is 13. The van der Waals surface area contributed by atoms with Crippen LogP contribution in [0.25, 0.3) is 0 Å². The van der Waals surface area contributed by atoms with Gasteiger partial charge in [-0.1, -0.05) is 63.5 Å². The maximum atomic E-state index is 12.7. The van der Waals surface area contributed by atoms with E-state index in [0.717, 1.165) is 50.1 Å². The Bertz CT molecular complexity index is 943. The van der Waals surface area contributed by atoms with Crippen molar-refractivity contribution in [1.29, 1.82) is 0 Å². The molecular weight excluding hydrogens is 462 g/mol. The van der Waals surface area contributed by atoms with Gasteiger partial charge in [-0.15, -0.1) is 0 Å². The first kappa shape index (κ1) is 26.9. The predicted octanol–water partition coefficient (Wildman–Crippen LogP) is 6.80. The summed E-state index contributed by atoms with van der Waals surface area (Å²) in [7, 11) is 0. The number of halogens is 1. The highest BCUT2D eigenvalue weighted by molar-refractivity contribution is 6.34. The van der Waals surface area contributed by atoms with E-state index in [1.165, 1.54) is 32.1 Å². The molecular formula is C28H38ClN3O3. The third-order valence-corrected chi connectivity index (χ3v) is 6.59. The lowest BCUT2D eigenvalue weighted by atomic mass is 9.95. The molecule has 1 aliphatic carbocycles. The van der Waals surface area contributed by atoms with Crippen molar-refractivity contribution in [3.8, 4) is 5.75 Å². The zero-order valence-electron chi connectivity index (χ0n) is 20.7.